The van der Waals surface area contributed by atoms with Gasteiger partial charge in [0.25, 0.3) is 0 Å². The number of nitrogens with zero attached hydrogens (tertiary/aromatic N) is 1. The van der Waals surface area contributed by atoms with Crippen molar-refractivity contribution in [2.45, 2.75) is 39.8 Å². The van der Waals surface area contributed by atoms with Crippen LogP contribution in [0.2, 0.25) is 0 Å². The van der Waals surface area contributed by atoms with Crippen LogP contribution in [-0.2, 0) is 22.6 Å². The molecule has 1 N–H and O–H groups in total. The fourth-order valence-corrected chi connectivity index (χ4v) is 3.23. The zero-order valence-electron chi connectivity index (χ0n) is 19.8. The molecule has 2 amide bonds. The number of hydrogen-bond donors (Lipinski definition) is 1. The Kier molecular flexibility index (Phi) is 9.38. The van der Waals surface area contributed by atoms with E-state index in [0.29, 0.717) is 30.5 Å². The van der Waals surface area contributed by atoms with Gasteiger partial charge in [-0.05, 0) is 48.2 Å². The third kappa shape index (κ3) is 6.90. The fourth-order valence-electron chi connectivity index (χ4n) is 3.23. The van der Waals surface area contributed by atoms with Gasteiger partial charge in [-0.1, -0.05) is 32.0 Å². The van der Waals surface area contributed by atoms with Crippen molar-refractivity contribution in [2.24, 2.45) is 5.92 Å². The first-order valence-electron chi connectivity index (χ1n) is 10.7. The lowest BCUT2D eigenvalue weighted by Gasteiger charge is -2.29. The second kappa shape index (κ2) is 12.0. The van der Waals surface area contributed by atoms with E-state index in [1.165, 1.54) is 0 Å². The van der Waals surface area contributed by atoms with Crippen molar-refractivity contribution in [3.63, 3.8) is 0 Å². The van der Waals surface area contributed by atoms with Crippen molar-refractivity contribution >= 4 is 11.8 Å². The van der Waals surface area contributed by atoms with Crippen LogP contribution in [0, 0.1) is 5.92 Å². The van der Waals surface area contributed by atoms with Crippen LogP contribution >= 0.6 is 0 Å². The summed E-state index contributed by atoms with van der Waals surface area (Å²) >= 11 is 0. The molecule has 2 aromatic rings. The third-order valence-electron chi connectivity index (χ3n) is 5.17. The van der Waals surface area contributed by atoms with Gasteiger partial charge in [0.2, 0.25) is 11.8 Å². The van der Waals surface area contributed by atoms with Gasteiger partial charge in [0.1, 0.15) is 11.8 Å². The van der Waals surface area contributed by atoms with E-state index in [4.69, 9.17) is 14.2 Å². The van der Waals surface area contributed by atoms with Gasteiger partial charge in [-0.15, -0.1) is 0 Å². The number of amides is 2. The molecule has 2 aromatic carbocycles. The number of carbonyl (C=O) groups excluding carboxylic acids is 2. The van der Waals surface area contributed by atoms with Gasteiger partial charge >= 0.3 is 0 Å². The van der Waals surface area contributed by atoms with Gasteiger partial charge < -0.3 is 24.4 Å². The van der Waals surface area contributed by atoms with Crippen LogP contribution in [0.5, 0.6) is 17.2 Å². The maximum absolute atomic E-state index is 13.3. The zero-order chi connectivity index (χ0) is 23.7. The Morgan fingerprint density at radius 1 is 0.875 bits per heavy atom. The lowest BCUT2D eigenvalue weighted by Crippen LogP contribution is -2.48. The second-order valence-corrected chi connectivity index (χ2v) is 8.05. The highest BCUT2D eigenvalue weighted by Crippen LogP contribution is 2.28. The Bertz CT molecular complexity index is 896. The maximum Gasteiger partial charge on any atom is 0.242 e. The van der Waals surface area contributed by atoms with Gasteiger partial charge in [-0.25, -0.2) is 0 Å². The summed E-state index contributed by atoms with van der Waals surface area (Å²) in [5.41, 5.74) is 1.69. The van der Waals surface area contributed by atoms with Crippen LogP contribution in [-0.4, -0.2) is 50.6 Å². The Morgan fingerprint density at radius 3 is 2.06 bits per heavy atom. The summed E-state index contributed by atoms with van der Waals surface area (Å²) in [5, 5.41) is 2.93. The van der Waals surface area contributed by atoms with Crippen LogP contribution in [0.15, 0.2) is 42.5 Å². The SMILES string of the molecule is COc1ccc(CN(C(=O)Cc2ccc(OC)c(OC)c2)[C@H](C)C(=O)NCC(C)C)cc1. The average molecular weight is 443 g/mol. The number of rotatable bonds is 11. The van der Waals surface area contributed by atoms with Gasteiger partial charge in [0.05, 0.1) is 27.8 Å². The quantitative estimate of drug-likeness (QED) is 0.577. The van der Waals surface area contributed by atoms with Gasteiger partial charge in [-0.2, -0.15) is 0 Å². The lowest BCUT2D eigenvalue weighted by atomic mass is 10.1. The Labute approximate surface area is 190 Å². The monoisotopic (exact) mass is 442 g/mol. The highest BCUT2D eigenvalue weighted by Gasteiger charge is 2.26. The molecule has 0 aromatic heterocycles. The topological polar surface area (TPSA) is 77.1 Å². The molecule has 32 heavy (non-hydrogen) atoms. The molecule has 174 valence electrons. The number of nitrogens with one attached hydrogen (secondary N) is 1. The van der Waals surface area contributed by atoms with Crippen molar-refractivity contribution in [3.05, 3.63) is 53.6 Å². The van der Waals surface area contributed by atoms with E-state index in [1.54, 1.807) is 45.3 Å². The Morgan fingerprint density at radius 2 is 1.50 bits per heavy atom. The minimum atomic E-state index is -0.622. The fraction of sp³-hybridized carbons (Fsp3) is 0.440. The van der Waals surface area contributed by atoms with Crippen molar-refractivity contribution < 1.29 is 23.8 Å². The lowest BCUT2D eigenvalue weighted by molar-refractivity contribution is -0.140. The molecule has 0 aliphatic carbocycles. The summed E-state index contributed by atoms with van der Waals surface area (Å²) in [6, 6.07) is 12.2. The molecule has 0 fully saturated rings. The number of hydrogen-bond acceptors (Lipinski definition) is 5. The molecule has 0 radical (unpaired) electrons. The van der Waals surface area contributed by atoms with Gasteiger partial charge in [0.15, 0.2) is 11.5 Å². The molecule has 0 aliphatic rings. The van der Waals surface area contributed by atoms with Crippen LogP contribution < -0.4 is 19.5 Å². The van der Waals surface area contributed by atoms with E-state index in [2.05, 4.69) is 5.32 Å². The Hall–Kier alpha value is -3.22. The molecule has 0 saturated heterocycles. The summed E-state index contributed by atoms with van der Waals surface area (Å²) in [6.07, 6.45) is 0.137. The summed E-state index contributed by atoms with van der Waals surface area (Å²) in [4.78, 5) is 27.7. The van der Waals surface area contributed by atoms with Crippen molar-refractivity contribution in [1.82, 2.24) is 10.2 Å². The molecule has 0 aliphatic heterocycles. The van der Waals surface area contributed by atoms with Gasteiger partial charge in [-0.3, -0.25) is 9.59 Å². The molecule has 2 rings (SSSR count). The Balaban J connectivity index is 2.25. The largest absolute Gasteiger partial charge is 0.497 e. The zero-order valence-corrected chi connectivity index (χ0v) is 19.8. The third-order valence-corrected chi connectivity index (χ3v) is 5.17. The molecular weight excluding hydrogens is 408 g/mol. The highest BCUT2D eigenvalue weighted by molar-refractivity contribution is 5.88. The van der Waals surface area contributed by atoms with Gasteiger partial charge in [0, 0.05) is 13.1 Å². The van der Waals surface area contributed by atoms with E-state index in [0.717, 1.165) is 16.9 Å². The first-order valence-corrected chi connectivity index (χ1v) is 10.7. The second-order valence-electron chi connectivity index (χ2n) is 8.05. The van der Waals surface area contributed by atoms with Crippen LogP contribution in [0.4, 0.5) is 0 Å². The normalized spacial score (nSPS) is 11.6. The molecule has 0 unspecified atom stereocenters. The number of carbonyl (C=O) groups is 2. The van der Waals surface area contributed by atoms with E-state index in [1.807, 2.05) is 44.2 Å². The maximum atomic E-state index is 13.3. The molecule has 7 nitrogen and oxygen atoms in total. The predicted molar refractivity (Wildman–Crippen MR) is 124 cm³/mol. The summed E-state index contributed by atoms with van der Waals surface area (Å²) < 4.78 is 15.8. The van der Waals surface area contributed by atoms with Crippen molar-refractivity contribution in [3.8, 4) is 17.2 Å². The molecule has 0 bridgehead atoms. The molecule has 0 spiro atoms. The van der Waals surface area contributed by atoms with Crippen LogP contribution in [0.3, 0.4) is 0 Å². The summed E-state index contributed by atoms with van der Waals surface area (Å²) in [6.45, 7) is 6.69. The molecule has 7 heteroatoms. The smallest absolute Gasteiger partial charge is 0.242 e. The van der Waals surface area contributed by atoms with Crippen LogP contribution in [0.25, 0.3) is 0 Å². The van der Waals surface area contributed by atoms with Crippen molar-refractivity contribution in [1.29, 1.82) is 0 Å². The van der Waals surface area contributed by atoms with E-state index < -0.39 is 6.04 Å². The van der Waals surface area contributed by atoms with Crippen LogP contribution in [0.1, 0.15) is 31.9 Å². The number of benzene rings is 2. The first-order chi connectivity index (χ1) is 15.3. The average Bonchev–Trinajstić information content (AvgIpc) is 2.80. The van der Waals surface area contributed by atoms with E-state index in [9.17, 15) is 9.59 Å². The standard InChI is InChI=1S/C25H34N2O5/c1-17(2)15-26-25(29)18(3)27(16-19-7-10-21(30-4)11-8-19)24(28)14-20-9-12-22(31-5)23(13-20)32-6/h7-13,17-18H,14-16H2,1-6H3,(H,26,29)/t18-/m1/s1. The number of methoxy groups -OCH3 is 3. The van der Waals surface area contributed by atoms with E-state index >= 15 is 0 Å². The van der Waals surface area contributed by atoms with E-state index in [-0.39, 0.29) is 18.2 Å². The minimum absolute atomic E-state index is 0.137. The van der Waals surface area contributed by atoms with Crippen molar-refractivity contribution in [2.75, 3.05) is 27.9 Å². The molecule has 0 heterocycles. The number of ether oxygens (including phenoxy) is 3. The highest BCUT2D eigenvalue weighted by atomic mass is 16.5. The summed E-state index contributed by atoms with van der Waals surface area (Å²) in [7, 11) is 4.73. The predicted octanol–water partition coefficient (Wildman–Crippen LogP) is 3.44. The minimum Gasteiger partial charge on any atom is -0.497 e. The molecular formula is C25H34N2O5. The first kappa shape index (κ1) is 25.0. The molecule has 1 atom stereocenters. The molecule has 0 saturated carbocycles. The summed E-state index contributed by atoms with van der Waals surface area (Å²) in [5.74, 6) is 1.89.